The highest BCUT2D eigenvalue weighted by Crippen LogP contribution is 2.25. The molecule has 27 heavy (non-hydrogen) atoms. The van der Waals surface area contributed by atoms with E-state index in [1.165, 1.54) is 11.3 Å². The molecule has 6 nitrogen and oxygen atoms in total. The van der Waals surface area contributed by atoms with Crippen LogP contribution in [0.1, 0.15) is 27.0 Å². The van der Waals surface area contributed by atoms with Gasteiger partial charge in [-0.25, -0.2) is 19.3 Å². The zero-order chi connectivity index (χ0) is 19.4. The van der Waals surface area contributed by atoms with Crippen molar-refractivity contribution in [2.45, 2.75) is 13.0 Å². The fraction of sp³-hybridized carbons (Fsp3) is 0.222. The number of methoxy groups -OCH3 is 1. The van der Waals surface area contributed by atoms with Crippen LogP contribution in [0, 0.1) is 12.7 Å². The largest absolute Gasteiger partial charge is 0.374 e. The van der Waals surface area contributed by atoms with E-state index in [2.05, 4.69) is 20.3 Å². The molecule has 0 aliphatic rings. The number of aromatic nitrogens is 3. The van der Waals surface area contributed by atoms with Crippen LogP contribution in [0.3, 0.4) is 0 Å². The minimum Gasteiger partial charge on any atom is -0.374 e. The second-order valence-electron chi connectivity index (χ2n) is 5.66. The van der Waals surface area contributed by atoms with Crippen LogP contribution < -0.4 is 5.32 Å². The molecule has 0 bridgehead atoms. The summed E-state index contributed by atoms with van der Waals surface area (Å²) in [6.45, 7) is 2.16. The lowest BCUT2D eigenvalue weighted by atomic mass is 10.1. The van der Waals surface area contributed by atoms with Crippen LogP contribution in [-0.4, -0.2) is 34.5 Å². The van der Waals surface area contributed by atoms with Crippen molar-refractivity contribution >= 4 is 28.8 Å². The van der Waals surface area contributed by atoms with E-state index in [-0.39, 0.29) is 24.1 Å². The topological polar surface area (TPSA) is 77.0 Å². The van der Waals surface area contributed by atoms with Crippen molar-refractivity contribution in [1.82, 2.24) is 20.3 Å². The van der Waals surface area contributed by atoms with E-state index in [1.54, 1.807) is 30.8 Å². The molecule has 1 N–H and O–H groups in total. The summed E-state index contributed by atoms with van der Waals surface area (Å²) in [4.78, 5) is 25.6. The predicted molar refractivity (Wildman–Crippen MR) is 101 cm³/mol. The minimum absolute atomic E-state index is 0.270. The maximum Gasteiger partial charge on any atom is 0.252 e. The number of ether oxygens (including phenoxy) is 1. The van der Waals surface area contributed by atoms with Gasteiger partial charge in [-0.2, -0.15) is 0 Å². The minimum atomic E-state index is -0.533. The third-order valence-electron chi connectivity index (χ3n) is 3.90. The van der Waals surface area contributed by atoms with Crippen LogP contribution in [0.15, 0.2) is 36.1 Å². The number of thiazole rings is 1. The summed E-state index contributed by atoms with van der Waals surface area (Å²) in [7, 11) is 1.58. The van der Waals surface area contributed by atoms with Crippen LogP contribution in [0.4, 0.5) is 4.39 Å². The van der Waals surface area contributed by atoms with Gasteiger partial charge in [-0.1, -0.05) is 11.6 Å². The quantitative estimate of drug-likeness (QED) is 0.673. The Kier molecular flexibility index (Phi) is 6.10. The predicted octanol–water partition coefficient (Wildman–Crippen LogP) is 3.82. The Morgan fingerprint density at radius 3 is 2.70 bits per heavy atom. The first-order valence-electron chi connectivity index (χ1n) is 7.98. The first kappa shape index (κ1) is 19.3. The number of carbonyl (C=O) groups excluding carboxylic acids is 1. The van der Waals surface area contributed by atoms with Gasteiger partial charge in [0.2, 0.25) is 0 Å². The molecule has 3 aromatic rings. The van der Waals surface area contributed by atoms with Crippen molar-refractivity contribution in [2.75, 3.05) is 13.7 Å². The highest BCUT2D eigenvalue weighted by Gasteiger charge is 2.19. The van der Waals surface area contributed by atoms with Gasteiger partial charge in [0.25, 0.3) is 5.91 Å². The third-order valence-corrected chi connectivity index (χ3v) is 5.25. The van der Waals surface area contributed by atoms with E-state index < -0.39 is 5.82 Å². The van der Waals surface area contributed by atoms with Crippen LogP contribution in [-0.2, 0) is 4.74 Å². The molecule has 1 amide bonds. The Balaban J connectivity index is 1.77. The van der Waals surface area contributed by atoms with E-state index in [0.29, 0.717) is 16.4 Å². The molecule has 2 aromatic heterocycles. The molecule has 0 aliphatic carbocycles. The summed E-state index contributed by atoms with van der Waals surface area (Å²) >= 11 is 7.65. The first-order valence-corrected chi connectivity index (χ1v) is 9.23. The lowest BCUT2D eigenvalue weighted by Gasteiger charge is -2.16. The van der Waals surface area contributed by atoms with E-state index in [0.717, 1.165) is 23.0 Å². The fourth-order valence-electron chi connectivity index (χ4n) is 2.48. The Labute approximate surface area is 164 Å². The molecule has 0 aliphatic heterocycles. The summed E-state index contributed by atoms with van der Waals surface area (Å²) in [6.07, 6.45) is 1.83. The second kappa shape index (κ2) is 8.51. The van der Waals surface area contributed by atoms with Gasteiger partial charge in [0.15, 0.2) is 11.6 Å². The van der Waals surface area contributed by atoms with Gasteiger partial charge in [0.05, 0.1) is 39.1 Å². The smallest absolute Gasteiger partial charge is 0.252 e. The third kappa shape index (κ3) is 4.47. The SMILES string of the molecule is CO[C@H](CNC(=O)c1cc(-c2ncc(F)cn2)ccc1Cl)c1scnc1C. The van der Waals surface area contributed by atoms with Crippen LogP contribution >= 0.6 is 22.9 Å². The summed E-state index contributed by atoms with van der Waals surface area (Å²) in [5, 5.41) is 3.12. The summed E-state index contributed by atoms with van der Waals surface area (Å²) in [5.74, 6) is -0.583. The normalized spacial score (nSPS) is 12.0. The number of nitrogens with zero attached hydrogens (tertiary/aromatic N) is 3. The van der Waals surface area contributed by atoms with Gasteiger partial charge in [-0.05, 0) is 25.1 Å². The Bertz CT molecular complexity index is 949. The number of hydrogen-bond donors (Lipinski definition) is 1. The average Bonchev–Trinajstić information content (AvgIpc) is 3.09. The highest BCUT2D eigenvalue weighted by atomic mass is 35.5. The van der Waals surface area contributed by atoms with Crippen LogP contribution in [0.25, 0.3) is 11.4 Å². The molecule has 0 radical (unpaired) electrons. The Morgan fingerprint density at radius 2 is 2.07 bits per heavy atom. The summed E-state index contributed by atoms with van der Waals surface area (Å²) in [5.41, 5.74) is 3.44. The molecule has 0 saturated carbocycles. The number of halogens is 2. The van der Waals surface area contributed by atoms with Crippen molar-refractivity contribution in [2.24, 2.45) is 0 Å². The lowest BCUT2D eigenvalue weighted by Crippen LogP contribution is -2.29. The zero-order valence-corrected chi connectivity index (χ0v) is 16.1. The molecule has 0 unspecified atom stereocenters. The number of aryl methyl sites for hydroxylation is 1. The van der Waals surface area contributed by atoms with Gasteiger partial charge < -0.3 is 10.1 Å². The monoisotopic (exact) mass is 406 g/mol. The van der Waals surface area contributed by atoms with Crippen molar-refractivity contribution in [3.05, 3.63) is 63.1 Å². The summed E-state index contributed by atoms with van der Waals surface area (Å²) in [6, 6.07) is 4.83. The molecular weight excluding hydrogens is 391 g/mol. The number of rotatable bonds is 6. The second-order valence-corrected chi connectivity index (χ2v) is 6.95. The lowest BCUT2D eigenvalue weighted by molar-refractivity contribution is 0.0835. The number of amides is 1. The maximum atomic E-state index is 13.0. The molecule has 9 heteroatoms. The van der Waals surface area contributed by atoms with Gasteiger partial charge in [-0.3, -0.25) is 4.79 Å². The van der Waals surface area contributed by atoms with Crippen molar-refractivity contribution in [3.63, 3.8) is 0 Å². The Morgan fingerprint density at radius 1 is 1.33 bits per heavy atom. The zero-order valence-electron chi connectivity index (χ0n) is 14.6. The Hall–Kier alpha value is -2.42. The van der Waals surface area contributed by atoms with E-state index in [4.69, 9.17) is 16.3 Å². The van der Waals surface area contributed by atoms with E-state index in [9.17, 15) is 9.18 Å². The van der Waals surface area contributed by atoms with Crippen molar-refractivity contribution in [3.8, 4) is 11.4 Å². The van der Waals surface area contributed by atoms with E-state index in [1.807, 2.05) is 6.92 Å². The van der Waals surface area contributed by atoms with Gasteiger partial charge in [0.1, 0.15) is 6.10 Å². The number of nitrogens with one attached hydrogen (secondary N) is 1. The number of hydrogen-bond acceptors (Lipinski definition) is 6. The molecule has 1 aromatic carbocycles. The van der Waals surface area contributed by atoms with Gasteiger partial charge in [-0.15, -0.1) is 11.3 Å². The highest BCUT2D eigenvalue weighted by molar-refractivity contribution is 7.09. The standard InChI is InChI=1S/C18H16ClFN4O2S/c1-10-16(27-9-24-10)15(26-2)8-23-18(25)13-5-11(3-4-14(13)19)17-21-6-12(20)7-22-17/h3-7,9,15H,8H2,1-2H3,(H,23,25)/t15-/m1/s1. The molecule has 2 heterocycles. The van der Waals surface area contributed by atoms with Crippen molar-refractivity contribution < 1.29 is 13.9 Å². The summed E-state index contributed by atoms with van der Waals surface area (Å²) < 4.78 is 18.5. The molecule has 0 spiro atoms. The molecule has 140 valence electrons. The fourth-order valence-corrected chi connectivity index (χ4v) is 3.57. The molecular formula is C18H16ClFN4O2S. The van der Waals surface area contributed by atoms with Crippen LogP contribution in [0.5, 0.6) is 0 Å². The van der Waals surface area contributed by atoms with Gasteiger partial charge in [0, 0.05) is 19.2 Å². The number of carbonyl (C=O) groups is 1. The maximum absolute atomic E-state index is 13.0. The first-order chi connectivity index (χ1) is 13.0. The molecule has 3 rings (SSSR count). The molecule has 0 fully saturated rings. The van der Waals surface area contributed by atoms with Gasteiger partial charge >= 0.3 is 0 Å². The molecule has 1 atom stereocenters. The van der Waals surface area contributed by atoms with Crippen molar-refractivity contribution in [1.29, 1.82) is 0 Å². The molecule has 0 saturated heterocycles. The number of benzene rings is 1. The van der Waals surface area contributed by atoms with Crippen LogP contribution in [0.2, 0.25) is 5.02 Å². The van der Waals surface area contributed by atoms with E-state index >= 15 is 0 Å². The average molecular weight is 407 g/mol.